The number of anilines is 2. The van der Waals surface area contributed by atoms with E-state index in [2.05, 4.69) is 10.6 Å². The van der Waals surface area contributed by atoms with Crippen LogP contribution in [0, 0.1) is 0 Å². The molecule has 2 N–H and O–H groups in total. The van der Waals surface area contributed by atoms with Gasteiger partial charge in [-0.25, -0.2) is 0 Å². The Morgan fingerprint density at radius 2 is 1.50 bits per heavy atom. The van der Waals surface area contributed by atoms with E-state index >= 15 is 0 Å². The first-order valence-electron chi connectivity index (χ1n) is 8.47. The van der Waals surface area contributed by atoms with Crippen LogP contribution in [0.15, 0.2) is 66.7 Å². The molecule has 28 heavy (non-hydrogen) atoms. The number of fused-ring (bicyclic) bond motifs is 1. The summed E-state index contributed by atoms with van der Waals surface area (Å²) in [6.45, 7) is 0.146. The van der Waals surface area contributed by atoms with Crippen molar-refractivity contribution in [3.8, 4) is 11.5 Å². The van der Waals surface area contributed by atoms with Crippen molar-refractivity contribution in [1.82, 2.24) is 0 Å². The van der Waals surface area contributed by atoms with Gasteiger partial charge < -0.3 is 20.1 Å². The third-order valence-corrected chi connectivity index (χ3v) is 4.46. The third kappa shape index (κ3) is 3.77. The second kappa shape index (κ2) is 7.62. The van der Waals surface area contributed by atoms with Crippen molar-refractivity contribution in [2.75, 3.05) is 17.4 Å². The third-order valence-electron chi connectivity index (χ3n) is 4.13. The van der Waals surface area contributed by atoms with E-state index in [0.717, 1.165) is 0 Å². The van der Waals surface area contributed by atoms with Crippen LogP contribution in [0.2, 0.25) is 5.02 Å². The summed E-state index contributed by atoms with van der Waals surface area (Å²) in [6, 6.07) is 18.6. The smallest absolute Gasteiger partial charge is 0.257 e. The van der Waals surface area contributed by atoms with Crippen LogP contribution in [0.25, 0.3) is 0 Å². The van der Waals surface area contributed by atoms with E-state index in [1.54, 1.807) is 66.7 Å². The zero-order valence-corrected chi connectivity index (χ0v) is 15.3. The van der Waals surface area contributed by atoms with Crippen LogP contribution in [0.5, 0.6) is 11.5 Å². The van der Waals surface area contributed by atoms with Gasteiger partial charge in [0.05, 0.1) is 10.6 Å². The highest BCUT2D eigenvalue weighted by atomic mass is 35.5. The fourth-order valence-electron chi connectivity index (χ4n) is 2.76. The fourth-order valence-corrected chi connectivity index (χ4v) is 2.98. The van der Waals surface area contributed by atoms with E-state index < -0.39 is 0 Å². The summed E-state index contributed by atoms with van der Waals surface area (Å²) in [5, 5.41) is 5.94. The van der Waals surface area contributed by atoms with Crippen LogP contribution < -0.4 is 20.1 Å². The van der Waals surface area contributed by atoms with Crippen molar-refractivity contribution in [3.05, 3.63) is 82.9 Å². The maximum absolute atomic E-state index is 12.5. The Bertz CT molecular complexity index is 1070. The number of hydrogen-bond acceptors (Lipinski definition) is 4. The van der Waals surface area contributed by atoms with Gasteiger partial charge in [0.15, 0.2) is 11.5 Å². The first-order valence-corrected chi connectivity index (χ1v) is 8.85. The minimum absolute atomic E-state index is 0.146. The van der Waals surface area contributed by atoms with E-state index in [1.165, 1.54) is 0 Å². The topological polar surface area (TPSA) is 76.7 Å². The van der Waals surface area contributed by atoms with Crippen molar-refractivity contribution in [2.24, 2.45) is 0 Å². The molecule has 3 aromatic carbocycles. The van der Waals surface area contributed by atoms with Crippen LogP contribution in [0.1, 0.15) is 20.7 Å². The van der Waals surface area contributed by atoms with Crippen LogP contribution in [-0.4, -0.2) is 18.6 Å². The standard InChI is InChI=1S/C21H15ClN2O4/c22-17-7-2-1-6-16(17)21(26)24-15-5-3-4-14(11-15)23-20(25)13-8-9-18-19(10-13)28-12-27-18/h1-11H,12H2,(H,23,25)(H,24,26). The Kier molecular flexibility index (Phi) is 4.87. The Labute approximate surface area is 166 Å². The van der Waals surface area contributed by atoms with Gasteiger partial charge in [-0.3, -0.25) is 9.59 Å². The Balaban J connectivity index is 1.47. The molecule has 1 heterocycles. The average molecular weight is 395 g/mol. The van der Waals surface area contributed by atoms with E-state index in [9.17, 15) is 9.59 Å². The molecule has 0 saturated heterocycles. The minimum Gasteiger partial charge on any atom is -0.454 e. The number of benzene rings is 3. The van der Waals surface area contributed by atoms with Gasteiger partial charge in [-0.1, -0.05) is 29.8 Å². The van der Waals surface area contributed by atoms with Crippen LogP contribution in [0.3, 0.4) is 0 Å². The number of ether oxygens (including phenoxy) is 2. The summed E-state index contributed by atoms with van der Waals surface area (Å²) in [7, 11) is 0. The molecule has 0 aliphatic carbocycles. The number of carbonyl (C=O) groups is 2. The van der Waals surface area contributed by atoms with Gasteiger partial charge in [0.1, 0.15) is 0 Å². The summed E-state index contributed by atoms with van der Waals surface area (Å²) in [6.07, 6.45) is 0. The van der Waals surface area contributed by atoms with E-state index in [0.29, 0.717) is 39.0 Å². The molecule has 6 nitrogen and oxygen atoms in total. The average Bonchev–Trinajstić information content (AvgIpc) is 3.16. The molecule has 0 spiro atoms. The van der Waals surface area contributed by atoms with Crippen LogP contribution in [-0.2, 0) is 0 Å². The van der Waals surface area contributed by atoms with Crippen LogP contribution >= 0.6 is 11.6 Å². The molecule has 1 aliphatic heterocycles. The van der Waals surface area contributed by atoms with Gasteiger partial charge in [0.25, 0.3) is 11.8 Å². The van der Waals surface area contributed by atoms with Crippen LogP contribution in [0.4, 0.5) is 11.4 Å². The molecular weight excluding hydrogens is 380 g/mol. The number of hydrogen-bond donors (Lipinski definition) is 2. The van der Waals surface area contributed by atoms with Gasteiger partial charge in [0.2, 0.25) is 6.79 Å². The summed E-state index contributed by atoms with van der Waals surface area (Å²) in [5.41, 5.74) is 1.89. The highest BCUT2D eigenvalue weighted by molar-refractivity contribution is 6.34. The maximum Gasteiger partial charge on any atom is 0.257 e. The molecule has 1 aliphatic rings. The Morgan fingerprint density at radius 1 is 0.786 bits per heavy atom. The second-order valence-electron chi connectivity index (χ2n) is 6.04. The van der Waals surface area contributed by atoms with Crippen molar-refractivity contribution in [2.45, 2.75) is 0 Å². The van der Waals surface area contributed by atoms with Crippen molar-refractivity contribution < 1.29 is 19.1 Å². The van der Waals surface area contributed by atoms with Gasteiger partial charge in [-0.15, -0.1) is 0 Å². The highest BCUT2D eigenvalue weighted by Crippen LogP contribution is 2.32. The lowest BCUT2D eigenvalue weighted by Crippen LogP contribution is -2.14. The van der Waals surface area contributed by atoms with Gasteiger partial charge in [-0.2, -0.15) is 0 Å². The molecule has 0 aromatic heterocycles. The maximum atomic E-state index is 12.5. The Hall–Kier alpha value is -3.51. The van der Waals surface area contributed by atoms with Gasteiger partial charge in [0, 0.05) is 16.9 Å². The molecule has 0 atom stereocenters. The number of carbonyl (C=O) groups excluding carboxylic acids is 2. The molecule has 4 rings (SSSR count). The lowest BCUT2D eigenvalue weighted by atomic mass is 10.1. The summed E-state index contributed by atoms with van der Waals surface area (Å²) in [4.78, 5) is 24.9. The predicted octanol–water partition coefficient (Wildman–Crippen LogP) is 4.57. The van der Waals surface area contributed by atoms with Gasteiger partial charge in [-0.05, 0) is 48.5 Å². The molecule has 7 heteroatoms. The molecule has 0 bridgehead atoms. The lowest BCUT2D eigenvalue weighted by molar-refractivity contribution is 0.101. The molecule has 0 radical (unpaired) electrons. The summed E-state index contributed by atoms with van der Waals surface area (Å²) >= 11 is 6.06. The second-order valence-corrected chi connectivity index (χ2v) is 6.44. The molecular formula is C21H15ClN2O4. The van der Waals surface area contributed by atoms with Crippen molar-refractivity contribution in [1.29, 1.82) is 0 Å². The number of nitrogens with one attached hydrogen (secondary N) is 2. The lowest BCUT2D eigenvalue weighted by Gasteiger charge is -2.10. The first-order chi connectivity index (χ1) is 13.6. The normalized spacial score (nSPS) is 11.8. The SMILES string of the molecule is O=C(Nc1cccc(NC(=O)c2ccccc2Cl)c1)c1ccc2c(c1)OCO2. The minimum atomic E-state index is -0.329. The highest BCUT2D eigenvalue weighted by Gasteiger charge is 2.16. The molecule has 2 amide bonds. The zero-order valence-electron chi connectivity index (χ0n) is 14.6. The van der Waals surface area contributed by atoms with Crippen molar-refractivity contribution >= 4 is 34.8 Å². The number of amides is 2. The Morgan fingerprint density at radius 3 is 2.29 bits per heavy atom. The molecule has 0 fully saturated rings. The van der Waals surface area contributed by atoms with Crippen molar-refractivity contribution in [3.63, 3.8) is 0 Å². The van der Waals surface area contributed by atoms with E-state index in [4.69, 9.17) is 21.1 Å². The summed E-state index contributed by atoms with van der Waals surface area (Å²) < 4.78 is 10.5. The predicted molar refractivity (Wildman–Crippen MR) is 106 cm³/mol. The summed E-state index contributed by atoms with van der Waals surface area (Å²) in [5.74, 6) is 0.520. The molecule has 140 valence electrons. The molecule has 3 aromatic rings. The monoisotopic (exact) mass is 394 g/mol. The number of rotatable bonds is 4. The fraction of sp³-hybridized carbons (Fsp3) is 0.0476. The largest absolute Gasteiger partial charge is 0.454 e. The number of halogens is 1. The zero-order chi connectivity index (χ0) is 19.5. The van der Waals surface area contributed by atoms with E-state index in [-0.39, 0.29) is 18.6 Å². The van der Waals surface area contributed by atoms with E-state index in [1.807, 2.05) is 0 Å². The van der Waals surface area contributed by atoms with Gasteiger partial charge >= 0.3 is 0 Å². The molecule has 0 unspecified atom stereocenters. The first kappa shape index (κ1) is 17.9. The quantitative estimate of drug-likeness (QED) is 0.679. The molecule has 0 saturated carbocycles.